The first-order chi connectivity index (χ1) is 10.2. The fourth-order valence-corrected chi connectivity index (χ4v) is 1.92. The summed E-state index contributed by atoms with van der Waals surface area (Å²) in [7, 11) is 1.79. The van der Waals surface area contributed by atoms with Gasteiger partial charge in [-0.05, 0) is 25.0 Å². The number of ether oxygens (including phenoxy) is 1. The fraction of sp³-hybridized carbons (Fsp3) is 0.471. The minimum absolute atomic E-state index is 0.0969. The van der Waals surface area contributed by atoms with Gasteiger partial charge in [0.15, 0.2) is 0 Å². The van der Waals surface area contributed by atoms with E-state index in [2.05, 4.69) is 11.8 Å². The van der Waals surface area contributed by atoms with Gasteiger partial charge in [0.05, 0.1) is 0 Å². The molecule has 0 atom stereocenters. The lowest BCUT2D eigenvalue weighted by atomic mass is 10.1. The van der Waals surface area contributed by atoms with E-state index in [0.717, 1.165) is 17.5 Å². The van der Waals surface area contributed by atoms with E-state index in [1.807, 2.05) is 31.2 Å². The molecular formula is C17H23NO3. The highest BCUT2D eigenvalue weighted by Gasteiger charge is 2.10. The minimum Gasteiger partial charge on any atom is -0.384 e. The van der Waals surface area contributed by atoms with Crippen LogP contribution in [0.4, 0.5) is 0 Å². The van der Waals surface area contributed by atoms with Crippen LogP contribution in [0.1, 0.15) is 30.9 Å². The molecule has 114 valence electrons. The molecule has 0 saturated heterocycles. The minimum atomic E-state index is -0.166. The lowest BCUT2D eigenvalue weighted by molar-refractivity contribution is -0.130. The van der Waals surface area contributed by atoms with E-state index in [1.165, 1.54) is 0 Å². The standard InChI is InChI=1S/C17H23NO3/c1-3-21-13-7-11-17(20)18(2)14-16-9-5-4-8-15(16)10-6-12-19/h4-5,8-9,19H,3,7,11-14H2,1-2H3. The van der Waals surface area contributed by atoms with Crippen molar-refractivity contribution >= 4 is 5.91 Å². The Kier molecular flexibility index (Phi) is 8.18. The summed E-state index contributed by atoms with van der Waals surface area (Å²) >= 11 is 0. The number of aliphatic hydroxyl groups excluding tert-OH is 1. The van der Waals surface area contributed by atoms with Crippen LogP contribution in [0.15, 0.2) is 24.3 Å². The molecule has 1 rings (SSSR count). The molecule has 0 spiro atoms. The lowest BCUT2D eigenvalue weighted by Gasteiger charge is -2.18. The maximum Gasteiger partial charge on any atom is 0.222 e. The summed E-state index contributed by atoms with van der Waals surface area (Å²) in [4.78, 5) is 13.7. The van der Waals surface area contributed by atoms with Gasteiger partial charge in [0.1, 0.15) is 6.61 Å². The number of carbonyl (C=O) groups is 1. The first-order valence-electron chi connectivity index (χ1n) is 7.18. The van der Waals surface area contributed by atoms with Crippen molar-refractivity contribution in [1.29, 1.82) is 0 Å². The average Bonchev–Trinajstić information content (AvgIpc) is 2.50. The number of amides is 1. The van der Waals surface area contributed by atoms with E-state index in [9.17, 15) is 4.79 Å². The van der Waals surface area contributed by atoms with Crippen LogP contribution in [0.25, 0.3) is 0 Å². The third kappa shape index (κ3) is 6.44. The molecule has 0 heterocycles. The SMILES string of the molecule is CCOCCCC(=O)N(C)Cc1ccccc1C#CCO. The summed E-state index contributed by atoms with van der Waals surface area (Å²) in [5, 5.41) is 8.78. The van der Waals surface area contributed by atoms with Gasteiger partial charge in [0, 0.05) is 38.8 Å². The van der Waals surface area contributed by atoms with Gasteiger partial charge in [-0.15, -0.1) is 0 Å². The normalized spacial score (nSPS) is 9.86. The lowest BCUT2D eigenvalue weighted by Crippen LogP contribution is -2.26. The van der Waals surface area contributed by atoms with Gasteiger partial charge in [0.2, 0.25) is 5.91 Å². The molecule has 0 bridgehead atoms. The molecule has 0 unspecified atom stereocenters. The molecule has 1 N–H and O–H groups in total. The maximum atomic E-state index is 12.0. The van der Waals surface area contributed by atoms with Crippen LogP contribution < -0.4 is 0 Å². The summed E-state index contributed by atoms with van der Waals surface area (Å²) in [5.74, 6) is 5.65. The largest absolute Gasteiger partial charge is 0.384 e. The third-order valence-corrected chi connectivity index (χ3v) is 3.04. The predicted octanol–water partition coefficient (Wildman–Crippen LogP) is 1.81. The molecule has 4 heteroatoms. The molecule has 0 aromatic heterocycles. The number of benzene rings is 1. The molecule has 0 aliphatic carbocycles. The average molecular weight is 289 g/mol. The molecule has 1 aromatic carbocycles. The van der Waals surface area contributed by atoms with Gasteiger partial charge >= 0.3 is 0 Å². The number of aliphatic hydroxyl groups is 1. The molecule has 21 heavy (non-hydrogen) atoms. The predicted molar refractivity (Wildman–Crippen MR) is 82.6 cm³/mol. The highest BCUT2D eigenvalue weighted by atomic mass is 16.5. The highest BCUT2D eigenvalue weighted by molar-refractivity contribution is 5.75. The third-order valence-electron chi connectivity index (χ3n) is 3.04. The smallest absolute Gasteiger partial charge is 0.222 e. The second-order valence-corrected chi connectivity index (χ2v) is 4.67. The van der Waals surface area contributed by atoms with Gasteiger partial charge in [-0.1, -0.05) is 30.0 Å². The quantitative estimate of drug-likeness (QED) is 0.615. The van der Waals surface area contributed by atoms with Crippen molar-refractivity contribution in [3.8, 4) is 11.8 Å². The zero-order valence-corrected chi connectivity index (χ0v) is 12.8. The van der Waals surface area contributed by atoms with Crippen molar-refractivity contribution < 1.29 is 14.6 Å². The van der Waals surface area contributed by atoms with Gasteiger partial charge in [0.25, 0.3) is 0 Å². The summed E-state index contributed by atoms with van der Waals surface area (Å²) in [6.07, 6.45) is 1.23. The van der Waals surface area contributed by atoms with Gasteiger partial charge in [-0.25, -0.2) is 0 Å². The molecule has 4 nitrogen and oxygen atoms in total. The Balaban J connectivity index is 2.57. The molecule has 0 aliphatic heterocycles. The maximum absolute atomic E-state index is 12.0. The van der Waals surface area contributed by atoms with E-state index >= 15 is 0 Å². The topological polar surface area (TPSA) is 49.8 Å². The molecule has 0 radical (unpaired) electrons. The summed E-state index contributed by atoms with van der Waals surface area (Å²) in [6.45, 7) is 3.60. The van der Waals surface area contributed by atoms with E-state index in [-0.39, 0.29) is 12.5 Å². The first kappa shape index (κ1) is 17.2. The van der Waals surface area contributed by atoms with Crippen molar-refractivity contribution in [2.75, 3.05) is 26.9 Å². The van der Waals surface area contributed by atoms with Crippen LogP contribution in [-0.2, 0) is 16.1 Å². The van der Waals surface area contributed by atoms with E-state index in [4.69, 9.17) is 9.84 Å². The summed E-state index contributed by atoms with van der Waals surface area (Å²) < 4.78 is 5.23. The van der Waals surface area contributed by atoms with Crippen LogP contribution in [-0.4, -0.2) is 42.8 Å². The Bertz CT molecular complexity index is 502. The summed E-state index contributed by atoms with van der Waals surface area (Å²) in [6, 6.07) is 7.67. The van der Waals surface area contributed by atoms with E-state index < -0.39 is 0 Å². The second-order valence-electron chi connectivity index (χ2n) is 4.67. The fourth-order valence-electron chi connectivity index (χ4n) is 1.92. The number of rotatable bonds is 7. The van der Waals surface area contributed by atoms with Crippen molar-refractivity contribution in [1.82, 2.24) is 4.90 Å². The number of hydrogen-bond donors (Lipinski definition) is 1. The Labute approximate surface area is 126 Å². The molecule has 0 saturated carbocycles. The summed E-state index contributed by atoms with van der Waals surface area (Å²) in [5.41, 5.74) is 1.83. The Morgan fingerprint density at radius 3 is 2.86 bits per heavy atom. The van der Waals surface area contributed by atoms with E-state index in [1.54, 1.807) is 11.9 Å². The van der Waals surface area contributed by atoms with Crippen LogP contribution in [0.2, 0.25) is 0 Å². The Hall–Kier alpha value is -1.83. The van der Waals surface area contributed by atoms with Crippen molar-refractivity contribution in [3.05, 3.63) is 35.4 Å². The Morgan fingerprint density at radius 1 is 1.38 bits per heavy atom. The van der Waals surface area contributed by atoms with Crippen LogP contribution in [0.3, 0.4) is 0 Å². The Morgan fingerprint density at radius 2 is 2.14 bits per heavy atom. The van der Waals surface area contributed by atoms with Crippen molar-refractivity contribution in [2.45, 2.75) is 26.3 Å². The number of hydrogen-bond acceptors (Lipinski definition) is 3. The molecule has 0 aliphatic rings. The molecule has 1 aromatic rings. The molecule has 0 fully saturated rings. The van der Waals surface area contributed by atoms with Gasteiger partial charge in [-0.2, -0.15) is 0 Å². The van der Waals surface area contributed by atoms with E-state index in [0.29, 0.717) is 26.2 Å². The zero-order valence-electron chi connectivity index (χ0n) is 12.8. The monoisotopic (exact) mass is 289 g/mol. The highest BCUT2D eigenvalue weighted by Crippen LogP contribution is 2.11. The van der Waals surface area contributed by atoms with Crippen molar-refractivity contribution in [2.24, 2.45) is 0 Å². The molecule has 1 amide bonds. The number of carbonyl (C=O) groups excluding carboxylic acids is 1. The first-order valence-corrected chi connectivity index (χ1v) is 7.18. The van der Waals surface area contributed by atoms with Gasteiger partial charge in [-0.3, -0.25) is 4.79 Å². The second kappa shape index (κ2) is 9.98. The van der Waals surface area contributed by atoms with Crippen molar-refractivity contribution in [3.63, 3.8) is 0 Å². The van der Waals surface area contributed by atoms with Crippen LogP contribution in [0, 0.1) is 11.8 Å². The van der Waals surface area contributed by atoms with Crippen LogP contribution >= 0.6 is 0 Å². The van der Waals surface area contributed by atoms with Gasteiger partial charge < -0.3 is 14.7 Å². The number of nitrogens with zero attached hydrogens (tertiary/aromatic N) is 1. The zero-order chi connectivity index (χ0) is 15.5. The van der Waals surface area contributed by atoms with Crippen LogP contribution in [0.5, 0.6) is 0 Å². The molecular weight excluding hydrogens is 266 g/mol.